The number of phenolic OH excluding ortho intramolecular Hbond substituents is 1. The van der Waals surface area contributed by atoms with Crippen molar-refractivity contribution >= 4 is 23.3 Å². The molecule has 1 aliphatic heterocycles. The van der Waals surface area contributed by atoms with E-state index in [0.29, 0.717) is 23.2 Å². The van der Waals surface area contributed by atoms with Crippen LogP contribution in [0.4, 0.5) is 15.9 Å². The highest BCUT2D eigenvalue weighted by atomic mass is 19.1. The molecular weight excluding hydrogens is 525 g/mol. The number of amides is 2. The number of rotatable bonds is 8. The number of pyridine rings is 1. The Morgan fingerprint density at radius 1 is 1.15 bits per heavy atom. The first-order chi connectivity index (χ1) is 19.9. The first-order valence-corrected chi connectivity index (χ1v) is 13.3. The van der Waals surface area contributed by atoms with E-state index >= 15 is 0 Å². The first-order valence-electron chi connectivity index (χ1n) is 13.3. The summed E-state index contributed by atoms with van der Waals surface area (Å²) in [6.07, 6.45) is 3.78. The number of likely N-dealkylation sites (tertiary alicyclic amines) is 1. The first kappa shape index (κ1) is 27.6. The van der Waals surface area contributed by atoms with Gasteiger partial charge in [-0.05, 0) is 74.0 Å². The summed E-state index contributed by atoms with van der Waals surface area (Å²) in [5.74, 6) is -1.77. The van der Waals surface area contributed by atoms with Crippen LogP contribution in [0.3, 0.4) is 0 Å². The van der Waals surface area contributed by atoms with Gasteiger partial charge in [-0.2, -0.15) is 5.26 Å². The van der Waals surface area contributed by atoms with Gasteiger partial charge < -0.3 is 25.1 Å². The zero-order valence-corrected chi connectivity index (χ0v) is 22.4. The summed E-state index contributed by atoms with van der Waals surface area (Å²) in [6.45, 7) is 3.98. The van der Waals surface area contributed by atoms with Crippen LogP contribution in [0.5, 0.6) is 5.75 Å². The van der Waals surface area contributed by atoms with Crippen LogP contribution in [0.2, 0.25) is 0 Å². The van der Waals surface area contributed by atoms with Gasteiger partial charge in [-0.3, -0.25) is 9.59 Å². The highest BCUT2D eigenvalue weighted by molar-refractivity contribution is 6.03. The predicted molar refractivity (Wildman–Crippen MR) is 152 cm³/mol. The fourth-order valence-corrected chi connectivity index (χ4v) is 5.15. The summed E-state index contributed by atoms with van der Waals surface area (Å²) in [6, 6.07) is 17.4. The number of nitrogens with zero attached hydrogens (tertiary/aromatic N) is 3. The lowest BCUT2D eigenvalue weighted by Crippen LogP contribution is -2.32. The number of carbonyl (C=O) groups excluding carboxylic acids is 2. The predicted octanol–water partition coefficient (Wildman–Crippen LogP) is 5.79. The second-order valence-electron chi connectivity index (χ2n) is 9.74. The van der Waals surface area contributed by atoms with Crippen LogP contribution in [0, 0.1) is 17.1 Å². The van der Waals surface area contributed by atoms with Crippen molar-refractivity contribution < 1.29 is 23.5 Å². The van der Waals surface area contributed by atoms with Crippen molar-refractivity contribution in [1.82, 2.24) is 9.88 Å². The van der Waals surface area contributed by atoms with Crippen molar-refractivity contribution in [2.45, 2.75) is 32.2 Å². The van der Waals surface area contributed by atoms with Gasteiger partial charge in [-0.1, -0.05) is 19.1 Å². The zero-order valence-electron chi connectivity index (χ0n) is 22.4. The summed E-state index contributed by atoms with van der Waals surface area (Å²) >= 11 is 0. The molecule has 5 rings (SSSR count). The third kappa shape index (κ3) is 6.10. The van der Waals surface area contributed by atoms with E-state index in [2.05, 4.69) is 33.5 Å². The number of hydrogen-bond donors (Lipinski definition) is 3. The molecule has 41 heavy (non-hydrogen) atoms. The Hall–Kier alpha value is -5.01. The normalized spacial score (nSPS) is 14.9. The number of carbonyl (C=O) groups is 2. The molecule has 1 fully saturated rings. The molecule has 10 heteroatoms. The molecule has 1 saturated heterocycles. The molecule has 208 valence electrons. The third-order valence-electron chi connectivity index (χ3n) is 7.13. The topological polar surface area (TPSA) is 131 Å². The molecule has 2 aromatic carbocycles. The standard InChI is InChI=1S/C31H28FN5O4/c1-2-37-12-4-8-22(37)16-29(39)34-21-7-3-6-19(14-21)24-17-26(23-11-10-20(32)15-27(23)38)35-30(25(24)18-33)36-31(40)28-9-5-13-41-28/h3,5-7,9-11,13-15,17,22,38H,2,4,8,12,16H2,1H3,(H,34,39)(H,35,36,40). The Morgan fingerprint density at radius 3 is 2.73 bits per heavy atom. The van der Waals surface area contributed by atoms with Crippen LogP contribution in [0.25, 0.3) is 22.4 Å². The monoisotopic (exact) mass is 553 g/mol. The quantitative estimate of drug-likeness (QED) is 0.252. The maximum Gasteiger partial charge on any atom is 0.292 e. The second-order valence-corrected chi connectivity index (χ2v) is 9.74. The van der Waals surface area contributed by atoms with Gasteiger partial charge in [-0.15, -0.1) is 0 Å². The molecule has 4 aromatic rings. The smallest absolute Gasteiger partial charge is 0.292 e. The van der Waals surface area contributed by atoms with Crippen LogP contribution in [-0.4, -0.2) is 45.9 Å². The number of furan rings is 1. The van der Waals surface area contributed by atoms with Crippen molar-refractivity contribution in [1.29, 1.82) is 5.26 Å². The molecule has 0 saturated carbocycles. The van der Waals surface area contributed by atoms with E-state index in [9.17, 15) is 24.3 Å². The number of benzene rings is 2. The molecule has 2 amide bonds. The van der Waals surface area contributed by atoms with Crippen molar-refractivity contribution in [2.24, 2.45) is 0 Å². The van der Waals surface area contributed by atoms with Gasteiger partial charge in [0.2, 0.25) is 5.91 Å². The van der Waals surface area contributed by atoms with Gasteiger partial charge in [0.1, 0.15) is 23.2 Å². The maximum atomic E-state index is 13.7. The Labute approximate surface area is 236 Å². The zero-order chi connectivity index (χ0) is 28.9. The van der Waals surface area contributed by atoms with E-state index in [4.69, 9.17) is 4.42 Å². The molecule has 9 nitrogen and oxygen atoms in total. The van der Waals surface area contributed by atoms with E-state index in [1.54, 1.807) is 36.4 Å². The van der Waals surface area contributed by atoms with Gasteiger partial charge in [-0.25, -0.2) is 9.37 Å². The Bertz CT molecular complexity index is 1630. The average molecular weight is 554 g/mol. The fourth-order valence-electron chi connectivity index (χ4n) is 5.15. The van der Waals surface area contributed by atoms with E-state index < -0.39 is 11.7 Å². The fraction of sp³-hybridized carbons (Fsp3) is 0.226. The second kappa shape index (κ2) is 12.0. The van der Waals surface area contributed by atoms with Crippen LogP contribution >= 0.6 is 0 Å². The van der Waals surface area contributed by atoms with Crippen LogP contribution in [0.1, 0.15) is 42.3 Å². The Morgan fingerprint density at radius 2 is 2.00 bits per heavy atom. The van der Waals surface area contributed by atoms with Gasteiger partial charge in [0.15, 0.2) is 11.6 Å². The van der Waals surface area contributed by atoms with Crippen molar-refractivity contribution in [3.8, 4) is 34.2 Å². The third-order valence-corrected chi connectivity index (χ3v) is 7.13. The molecule has 3 heterocycles. The lowest BCUT2D eigenvalue weighted by Gasteiger charge is -2.22. The molecule has 0 bridgehead atoms. The van der Waals surface area contributed by atoms with Crippen LogP contribution < -0.4 is 10.6 Å². The van der Waals surface area contributed by atoms with E-state index in [1.165, 1.54) is 24.5 Å². The Kier molecular flexibility index (Phi) is 8.08. The summed E-state index contributed by atoms with van der Waals surface area (Å²) in [4.78, 5) is 32.4. The number of nitrogens with one attached hydrogen (secondary N) is 2. The molecule has 1 unspecified atom stereocenters. The highest BCUT2D eigenvalue weighted by Gasteiger charge is 2.25. The summed E-state index contributed by atoms with van der Waals surface area (Å²) in [7, 11) is 0. The molecule has 0 spiro atoms. The lowest BCUT2D eigenvalue weighted by atomic mass is 9.97. The maximum absolute atomic E-state index is 13.7. The molecular formula is C31H28FN5O4. The molecule has 0 radical (unpaired) electrons. The highest BCUT2D eigenvalue weighted by Crippen LogP contribution is 2.36. The molecule has 1 atom stereocenters. The van der Waals surface area contributed by atoms with Crippen LogP contribution in [-0.2, 0) is 4.79 Å². The molecule has 3 N–H and O–H groups in total. The Balaban J connectivity index is 1.52. The van der Waals surface area contributed by atoms with E-state index in [0.717, 1.165) is 32.0 Å². The van der Waals surface area contributed by atoms with Gasteiger partial charge in [0, 0.05) is 35.3 Å². The minimum atomic E-state index is -0.630. The number of nitriles is 1. The van der Waals surface area contributed by atoms with Crippen LogP contribution in [0.15, 0.2) is 71.3 Å². The van der Waals surface area contributed by atoms with Gasteiger partial charge >= 0.3 is 0 Å². The number of hydrogen-bond acceptors (Lipinski definition) is 7. The van der Waals surface area contributed by atoms with E-state index in [1.807, 2.05) is 0 Å². The number of anilines is 2. The largest absolute Gasteiger partial charge is 0.507 e. The number of phenols is 1. The SMILES string of the molecule is CCN1CCCC1CC(=O)Nc1cccc(-c2cc(-c3ccc(F)cc3O)nc(NC(=O)c3ccco3)c2C#N)c1. The number of aromatic hydroxyl groups is 1. The molecule has 0 aliphatic carbocycles. The minimum absolute atomic E-state index is 0.0147. The number of halogens is 1. The summed E-state index contributed by atoms with van der Waals surface area (Å²) in [5.41, 5.74) is 1.95. The lowest BCUT2D eigenvalue weighted by molar-refractivity contribution is -0.117. The minimum Gasteiger partial charge on any atom is -0.507 e. The average Bonchev–Trinajstić information content (AvgIpc) is 3.65. The number of aromatic nitrogens is 1. The van der Waals surface area contributed by atoms with Crippen molar-refractivity contribution in [2.75, 3.05) is 23.7 Å². The summed E-state index contributed by atoms with van der Waals surface area (Å²) in [5, 5.41) is 26.2. The van der Waals surface area contributed by atoms with Gasteiger partial charge in [0.05, 0.1) is 12.0 Å². The molecule has 2 aromatic heterocycles. The van der Waals surface area contributed by atoms with Crippen molar-refractivity contribution in [3.05, 3.63) is 84.1 Å². The van der Waals surface area contributed by atoms with Crippen molar-refractivity contribution in [3.63, 3.8) is 0 Å². The summed E-state index contributed by atoms with van der Waals surface area (Å²) < 4.78 is 18.9. The van der Waals surface area contributed by atoms with E-state index in [-0.39, 0.29) is 46.1 Å². The van der Waals surface area contributed by atoms with Gasteiger partial charge in [0.25, 0.3) is 5.91 Å². The molecule has 1 aliphatic rings.